The van der Waals surface area contributed by atoms with Gasteiger partial charge in [-0.05, 0) is 58.7 Å². The minimum atomic E-state index is -5.20. The molecule has 2 heterocycles. The third-order valence-corrected chi connectivity index (χ3v) is 5.98. The maximum atomic E-state index is 12.4. The number of nitrogens with zero attached hydrogens (tertiary/aromatic N) is 3. The molecular formula is C20H19BrF3N7O5S. The number of sulfonamides is 1. The first kappa shape index (κ1) is 27.9. The fourth-order valence-electron chi connectivity index (χ4n) is 2.76. The molecule has 0 saturated heterocycles. The molecule has 0 aliphatic rings. The zero-order valence-electron chi connectivity index (χ0n) is 18.6. The number of benzene rings is 1. The Labute approximate surface area is 216 Å². The fraction of sp³-hybridized carbons (Fsp3) is 0.200. The zero-order chi connectivity index (χ0) is 27.2. The van der Waals surface area contributed by atoms with Crippen molar-refractivity contribution >= 4 is 55.3 Å². The van der Waals surface area contributed by atoms with E-state index < -0.39 is 28.1 Å². The third-order valence-electron chi connectivity index (χ3n) is 4.47. The van der Waals surface area contributed by atoms with Gasteiger partial charge in [0, 0.05) is 31.2 Å². The Hall–Kier alpha value is -3.70. The molecule has 3 rings (SSSR count). The van der Waals surface area contributed by atoms with Crippen molar-refractivity contribution in [2.24, 2.45) is 5.14 Å². The molecule has 0 saturated carbocycles. The highest BCUT2D eigenvalue weighted by Gasteiger charge is 2.42. The molecule has 5 N–H and O–H groups in total. The molecule has 37 heavy (non-hydrogen) atoms. The van der Waals surface area contributed by atoms with E-state index in [0.29, 0.717) is 33.7 Å². The summed E-state index contributed by atoms with van der Waals surface area (Å²) in [5, 5.41) is 13.6. The Bertz CT molecular complexity index is 1380. The van der Waals surface area contributed by atoms with Gasteiger partial charge in [0.05, 0.1) is 9.37 Å². The molecular weight excluding hydrogens is 587 g/mol. The Kier molecular flexibility index (Phi) is 8.72. The Balaban J connectivity index is 1.49. The molecule has 0 aliphatic carbocycles. The van der Waals surface area contributed by atoms with Gasteiger partial charge >= 0.3 is 12.1 Å². The van der Waals surface area contributed by atoms with Crippen molar-refractivity contribution in [1.29, 1.82) is 0 Å². The summed E-state index contributed by atoms with van der Waals surface area (Å²) in [6, 6.07) is 8.13. The number of amides is 1. The van der Waals surface area contributed by atoms with E-state index in [-0.39, 0.29) is 23.1 Å². The van der Waals surface area contributed by atoms with Gasteiger partial charge in [-0.2, -0.15) is 22.9 Å². The molecule has 1 aromatic carbocycles. The van der Waals surface area contributed by atoms with E-state index in [1.54, 1.807) is 0 Å². The number of carbonyl (C=O) groups is 2. The van der Waals surface area contributed by atoms with Gasteiger partial charge in [-0.1, -0.05) is 0 Å². The van der Waals surface area contributed by atoms with E-state index in [1.807, 2.05) is 0 Å². The number of hydrogen-bond acceptors (Lipinski definition) is 9. The second kappa shape index (κ2) is 11.6. The van der Waals surface area contributed by atoms with Crippen molar-refractivity contribution in [3.05, 3.63) is 59.0 Å². The molecule has 0 spiro atoms. The largest absolute Gasteiger partial charge is 0.493 e. The van der Waals surface area contributed by atoms with E-state index in [2.05, 4.69) is 46.7 Å². The number of anilines is 3. The molecule has 0 atom stereocenters. The van der Waals surface area contributed by atoms with Crippen molar-refractivity contribution in [3.63, 3.8) is 0 Å². The SMILES string of the molecule is NS(=O)(=O)c1ccc(Nc2ncc(Br)c(NCCCNC(=O)c3cccn3OC(=O)C(F)(F)F)n2)cc1. The molecule has 1 amide bonds. The average molecular weight is 606 g/mol. The summed E-state index contributed by atoms with van der Waals surface area (Å²) in [7, 11) is -3.81. The van der Waals surface area contributed by atoms with Crippen molar-refractivity contribution in [2.45, 2.75) is 17.5 Å². The number of carbonyl (C=O) groups excluding carboxylic acids is 2. The minimum absolute atomic E-state index is 0.0419. The van der Waals surface area contributed by atoms with E-state index in [0.717, 1.165) is 6.20 Å². The van der Waals surface area contributed by atoms with Crippen molar-refractivity contribution in [3.8, 4) is 0 Å². The van der Waals surface area contributed by atoms with Crippen LogP contribution in [0.1, 0.15) is 16.9 Å². The van der Waals surface area contributed by atoms with Gasteiger partial charge in [0.25, 0.3) is 5.91 Å². The minimum Gasteiger partial charge on any atom is -0.369 e. The second-order valence-electron chi connectivity index (χ2n) is 7.22. The highest BCUT2D eigenvalue weighted by Crippen LogP contribution is 2.22. The molecule has 0 aliphatic heterocycles. The fourth-order valence-corrected chi connectivity index (χ4v) is 3.61. The number of nitrogens with one attached hydrogen (secondary N) is 3. The molecule has 198 valence electrons. The first-order valence-electron chi connectivity index (χ1n) is 10.3. The summed E-state index contributed by atoms with van der Waals surface area (Å²) >= 11 is 3.32. The van der Waals surface area contributed by atoms with Crippen LogP contribution in [-0.2, 0) is 14.8 Å². The number of nitrogens with two attached hydrogens (primary N) is 1. The standard InChI is InChI=1S/C20H19BrF3N7O5S/c21-14-11-28-19(29-12-4-6-13(7-5-12)37(25,34)35)30-16(14)26-8-2-9-27-17(32)15-3-1-10-31(15)36-18(33)20(22,23)24/h1,3-7,10-11H,2,8-9H2,(H,27,32)(H2,25,34,35)(H2,26,28,29,30). The van der Waals surface area contributed by atoms with Crippen molar-refractivity contribution < 1.29 is 36.0 Å². The van der Waals surface area contributed by atoms with E-state index >= 15 is 0 Å². The monoisotopic (exact) mass is 605 g/mol. The van der Waals surface area contributed by atoms with Crippen LogP contribution >= 0.6 is 15.9 Å². The first-order valence-corrected chi connectivity index (χ1v) is 12.6. The third kappa shape index (κ3) is 7.89. The maximum absolute atomic E-state index is 12.4. The summed E-state index contributed by atoms with van der Waals surface area (Å²) in [5.74, 6) is -2.54. The predicted octanol–water partition coefficient (Wildman–Crippen LogP) is 2.18. The van der Waals surface area contributed by atoms with Gasteiger partial charge in [-0.15, -0.1) is 0 Å². The zero-order valence-corrected chi connectivity index (χ0v) is 21.0. The van der Waals surface area contributed by atoms with Crippen LogP contribution in [-0.4, -0.2) is 54.3 Å². The number of hydrogen-bond donors (Lipinski definition) is 4. The van der Waals surface area contributed by atoms with Crippen LogP contribution in [0.3, 0.4) is 0 Å². The van der Waals surface area contributed by atoms with Gasteiger partial charge in [0.2, 0.25) is 16.0 Å². The number of halogens is 4. The van der Waals surface area contributed by atoms with Crippen LogP contribution in [0.5, 0.6) is 0 Å². The molecule has 0 radical (unpaired) electrons. The summed E-state index contributed by atoms with van der Waals surface area (Å²) in [6.45, 7) is 0.497. The normalized spacial score (nSPS) is 11.6. The van der Waals surface area contributed by atoms with Gasteiger partial charge < -0.3 is 20.8 Å². The Morgan fingerprint density at radius 3 is 2.49 bits per heavy atom. The quantitative estimate of drug-likeness (QED) is 0.253. The Morgan fingerprint density at radius 1 is 1.14 bits per heavy atom. The summed E-state index contributed by atoms with van der Waals surface area (Å²) < 4.78 is 60.8. The highest BCUT2D eigenvalue weighted by atomic mass is 79.9. The molecule has 0 unspecified atom stereocenters. The first-order chi connectivity index (χ1) is 17.3. The summed E-state index contributed by atoms with van der Waals surface area (Å²) in [5.41, 5.74) is 0.242. The van der Waals surface area contributed by atoms with Gasteiger partial charge in [0.15, 0.2) is 0 Å². The van der Waals surface area contributed by atoms with E-state index in [9.17, 15) is 31.2 Å². The van der Waals surface area contributed by atoms with Crippen LogP contribution in [0.15, 0.2) is 58.2 Å². The Morgan fingerprint density at radius 2 is 1.84 bits per heavy atom. The number of primary sulfonamides is 1. The number of alkyl halides is 3. The van der Waals surface area contributed by atoms with E-state index in [1.165, 1.54) is 42.6 Å². The van der Waals surface area contributed by atoms with Crippen molar-refractivity contribution in [1.82, 2.24) is 20.0 Å². The highest BCUT2D eigenvalue weighted by molar-refractivity contribution is 9.10. The topological polar surface area (TPSA) is 170 Å². The number of aromatic nitrogens is 3. The van der Waals surface area contributed by atoms with Gasteiger partial charge in [-0.25, -0.2) is 23.3 Å². The second-order valence-corrected chi connectivity index (χ2v) is 9.63. The van der Waals surface area contributed by atoms with Crippen LogP contribution in [0.25, 0.3) is 0 Å². The lowest BCUT2D eigenvalue weighted by atomic mass is 10.3. The van der Waals surface area contributed by atoms with Crippen LogP contribution in [0, 0.1) is 0 Å². The van der Waals surface area contributed by atoms with Crippen molar-refractivity contribution in [2.75, 3.05) is 23.7 Å². The summed E-state index contributed by atoms with van der Waals surface area (Å²) in [4.78, 5) is 35.8. The lowest BCUT2D eigenvalue weighted by Crippen LogP contribution is -2.36. The molecule has 12 nitrogen and oxygen atoms in total. The molecule has 17 heteroatoms. The van der Waals surface area contributed by atoms with Crippen LogP contribution < -0.4 is 25.9 Å². The molecule has 0 fully saturated rings. The molecule has 2 aromatic heterocycles. The number of rotatable bonds is 10. The van der Waals surface area contributed by atoms with Crippen LogP contribution in [0.2, 0.25) is 0 Å². The van der Waals surface area contributed by atoms with Gasteiger partial charge in [-0.3, -0.25) is 4.79 Å². The lowest BCUT2D eigenvalue weighted by Gasteiger charge is -2.12. The van der Waals surface area contributed by atoms with E-state index in [4.69, 9.17) is 5.14 Å². The molecule has 3 aromatic rings. The van der Waals surface area contributed by atoms with Gasteiger partial charge in [0.1, 0.15) is 11.5 Å². The molecule has 0 bridgehead atoms. The smallest absolute Gasteiger partial charge is 0.369 e. The average Bonchev–Trinajstić information content (AvgIpc) is 3.28. The lowest BCUT2D eigenvalue weighted by molar-refractivity contribution is -0.200. The maximum Gasteiger partial charge on any atom is 0.493 e. The summed E-state index contributed by atoms with van der Waals surface area (Å²) in [6.07, 6.45) is -2.29. The van der Waals surface area contributed by atoms with Crippen LogP contribution in [0.4, 0.5) is 30.6 Å². The predicted molar refractivity (Wildman–Crippen MR) is 128 cm³/mol.